The molecule has 1 fully saturated rings. The van der Waals surface area contributed by atoms with Crippen LogP contribution in [0.15, 0.2) is 42.6 Å². The number of anilines is 1. The summed E-state index contributed by atoms with van der Waals surface area (Å²) in [6.07, 6.45) is 1.16. The van der Waals surface area contributed by atoms with Gasteiger partial charge in [-0.3, -0.25) is 4.79 Å². The van der Waals surface area contributed by atoms with Crippen molar-refractivity contribution in [3.8, 4) is 0 Å². The van der Waals surface area contributed by atoms with Gasteiger partial charge in [-0.05, 0) is 24.3 Å². The quantitative estimate of drug-likeness (QED) is 0.885. The van der Waals surface area contributed by atoms with Crippen molar-refractivity contribution in [2.24, 2.45) is 0 Å². The van der Waals surface area contributed by atoms with Crippen molar-refractivity contribution >= 4 is 23.2 Å². The zero-order chi connectivity index (χ0) is 14.7. The highest BCUT2D eigenvalue weighted by Gasteiger charge is 2.19. The van der Waals surface area contributed by atoms with Gasteiger partial charge in [-0.15, -0.1) is 0 Å². The molecule has 0 unspecified atom stereocenters. The van der Waals surface area contributed by atoms with Crippen LogP contribution in [0.3, 0.4) is 0 Å². The monoisotopic (exact) mass is 304 g/mol. The third-order valence-corrected chi connectivity index (χ3v) is 3.34. The van der Waals surface area contributed by atoms with Crippen molar-refractivity contribution in [1.82, 2.24) is 4.98 Å². The fourth-order valence-corrected chi connectivity index (χ4v) is 2.27. The van der Waals surface area contributed by atoms with E-state index in [4.69, 9.17) is 21.1 Å². The van der Waals surface area contributed by atoms with Crippen molar-refractivity contribution in [3.63, 3.8) is 0 Å². The SMILES string of the molecule is O=C(Nc1cccc(C2OCCO2)c1)c1cccnc1Cl. The lowest BCUT2D eigenvalue weighted by Crippen LogP contribution is -2.13. The molecule has 0 saturated carbocycles. The Kier molecular flexibility index (Phi) is 4.15. The summed E-state index contributed by atoms with van der Waals surface area (Å²) in [6, 6.07) is 10.6. The lowest BCUT2D eigenvalue weighted by atomic mass is 10.2. The molecule has 5 nitrogen and oxygen atoms in total. The number of carbonyl (C=O) groups excluding carboxylic acids is 1. The number of halogens is 1. The van der Waals surface area contributed by atoms with Crippen LogP contribution in [-0.4, -0.2) is 24.1 Å². The predicted octanol–water partition coefficient (Wildman–Crippen LogP) is 3.03. The smallest absolute Gasteiger partial charge is 0.258 e. The number of rotatable bonds is 3. The molecule has 0 bridgehead atoms. The second kappa shape index (κ2) is 6.22. The molecule has 1 N–H and O–H groups in total. The van der Waals surface area contributed by atoms with Gasteiger partial charge in [0.25, 0.3) is 5.91 Å². The van der Waals surface area contributed by atoms with Crippen LogP contribution >= 0.6 is 11.6 Å². The molecule has 1 aliphatic heterocycles. The molecular formula is C15H13ClN2O3. The molecule has 0 atom stereocenters. The first-order chi connectivity index (χ1) is 10.2. The number of nitrogens with one attached hydrogen (secondary N) is 1. The minimum absolute atomic E-state index is 0.175. The Balaban J connectivity index is 1.77. The Hall–Kier alpha value is -1.95. The standard InChI is InChI=1S/C15H13ClN2O3/c16-13-12(5-2-6-17-13)14(19)18-11-4-1-3-10(9-11)15-20-7-8-21-15/h1-6,9,15H,7-8H2,(H,18,19). The molecule has 3 rings (SSSR count). The summed E-state index contributed by atoms with van der Waals surface area (Å²) in [5.74, 6) is -0.307. The van der Waals surface area contributed by atoms with E-state index in [1.54, 1.807) is 18.2 Å². The van der Waals surface area contributed by atoms with E-state index in [2.05, 4.69) is 10.3 Å². The molecule has 2 heterocycles. The van der Waals surface area contributed by atoms with Crippen molar-refractivity contribution in [3.05, 3.63) is 58.9 Å². The van der Waals surface area contributed by atoms with E-state index in [9.17, 15) is 4.79 Å². The van der Waals surface area contributed by atoms with Crippen LogP contribution < -0.4 is 5.32 Å². The van der Waals surface area contributed by atoms with Crippen LogP contribution in [0.1, 0.15) is 22.2 Å². The lowest BCUT2D eigenvalue weighted by molar-refractivity contribution is -0.0440. The van der Waals surface area contributed by atoms with Crippen molar-refractivity contribution in [1.29, 1.82) is 0 Å². The normalized spacial score (nSPS) is 15.1. The fourth-order valence-electron chi connectivity index (χ4n) is 2.07. The van der Waals surface area contributed by atoms with Gasteiger partial charge in [0.2, 0.25) is 0 Å². The van der Waals surface area contributed by atoms with Gasteiger partial charge in [0.15, 0.2) is 6.29 Å². The molecule has 6 heteroatoms. The Bertz CT molecular complexity index is 657. The van der Waals surface area contributed by atoms with Crippen LogP contribution in [0.25, 0.3) is 0 Å². The van der Waals surface area contributed by atoms with Gasteiger partial charge < -0.3 is 14.8 Å². The van der Waals surface area contributed by atoms with Crippen molar-refractivity contribution < 1.29 is 14.3 Å². The Labute approximate surface area is 126 Å². The van der Waals surface area contributed by atoms with E-state index >= 15 is 0 Å². The molecule has 1 saturated heterocycles. The number of hydrogen-bond donors (Lipinski definition) is 1. The van der Waals surface area contributed by atoms with Gasteiger partial charge in [0.05, 0.1) is 18.8 Å². The number of hydrogen-bond acceptors (Lipinski definition) is 4. The second-order valence-corrected chi connectivity index (χ2v) is 4.85. The van der Waals surface area contributed by atoms with Crippen LogP contribution in [0, 0.1) is 0 Å². The van der Waals surface area contributed by atoms with Crippen LogP contribution in [0.4, 0.5) is 5.69 Å². The first kappa shape index (κ1) is 14.0. The van der Waals surface area contributed by atoms with E-state index in [0.717, 1.165) is 5.56 Å². The molecular weight excluding hydrogens is 292 g/mol. The summed E-state index contributed by atoms with van der Waals surface area (Å²) in [6.45, 7) is 1.15. The highest BCUT2D eigenvalue weighted by atomic mass is 35.5. The van der Waals surface area contributed by atoms with E-state index in [1.165, 1.54) is 6.20 Å². The summed E-state index contributed by atoms with van der Waals surface area (Å²) in [5, 5.41) is 2.96. The fraction of sp³-hybridized carbons (Fsp3) is 0.200. The summed E-state index contributed by atoms with van der Waals surface area (Å²) in [5.41, 5.74) is 1.84. The largest absolute Gasteiger partial charge is 0.346 e. The molecule has 1 aliphatic rings. The number of ether oxygens (including phenoxy) is 2. The average molecular weight is 305 g/mol. The van der Waals surface area contributed by atoms with E-state index in [1.807, 2.05) is 18.2 Å². The van der Waals surface area contributed by atoms with Gasteiger partial charge in [0, 0.05) is 17.4 Å². The Morgan fingerprint density at radius 3 is 2.81 bits per heavy atom. The summed E-state index contributed by atoms with van der Waals surface area (Å²) >= 11 is 5.91. The Morgan fingerprint density at radius 2 is 2.05 bits per heavy atom. The molecule has 21 heavy (non-hydrogen) atoms. The maximum absolute atomic E-state index is 12.2. The van der Waals surface area contributed by atoms with Gasteiger partial charge >= 0.3 is 0 Å². The molecule has 0 radical (unpaired) electrons. The molecule has 2 aromatic rings. The van der Waals surface area contributed by atoms with Gasteiger partial charge in [-0.2, -0.15) is 0 Å². The zero-order valence-corrected chi connectivity index (χ0v) is 11.8. The first-order valence-electron chi connectivity index (χ1n) is 6.49. The number of nitrogens with zero attached hydrogens (tertiary/aromatic N) is 1. The summed E-state index contributed by atoms with van der Waals surface area (Å²) in [4.78, 5) is 16.1. The topological polar surface area (TPSA) is 60.5 Å². The molecule has 1 aromatic heterocycles. The van der Waals surface area contributed by atoms with Crippen LogP contribution in [0.2, 0.25) is 5.15 Å². The lowest BCUT2D eigenvalue weighted by Gasteiger charge is -2.11. The third-order valence-electron chi connectivity index (χ3n) is 3.04. The highest BCUT2D eigenvalue weighted by molar-refractivity contribution is 6.33. The molecule has 1 amide bonds. The predicted molar refractivity (Wildman–Crippen MR) is 78.3 cm³/mol. The first-order valence-corrected chi connectivity index (χ1v) is 6.87. The number of carbonyl (C=O) groups is 1. The molecule has 1 aromatic carbocycles. The molecule has 0 aliphatic carbocycles. The maximum Gasteiger partial charge on any atom is 0.258 e. The molecule has 108 valence electrons. The van der Waals surface area contributed by atoms with E-state index in [-0.39, 0.29) is 17.4 Å². The Morgan fingerprint density at radius 1 is 1.24 bits per heavy atom. The number of pyridine rings is 1. The average Bonchev–Trinajstić information content (AvgIpc) is 3.02. The highest BCUT2D eigenvalue weighted by Crippen LogP contribution is 2.25. The second-order valence-electron chi connectivity index (χ2n) is 4.49. The van der Waals surface area contributed by atoms with E-state index in [0.29, 0.717) is 24.5 Å². The minimum Gasteiger partial charge on any atom is -0.346 e. The zero-order valence-electron chi connectivity index (χ0n) is 11.1. The third kappa shape index (κ3) is 3.21. The van der Waals surface area contributed by atoms with Crippen LogP contribution in [-0.2, 0) is 9.47 Å². The van der Waals surface area contributed by atoms with Crippen molar-refractivity contribution in [2.45, 2.75) is 6.29 Å². The van der Waals surface area contributed by atoms with Gasteiger partial charge in [0.1, 0.15) is 5.15 Å². The summed E-state index contributed by atoms with van der Waals surface area (Å²) < 4.78 is 10.9. The number of benzene rings is 1. The maximum atomic E-state index is 12.2. The van der Waals surface area contributed by atoms with Gasteiger partial charge in [-0.1, -0.05) is 23.7 Å². The summed E-state index contributed by atoms with van der Waals surface area (Å²) in [7, 11) is 0. The van der Waals surface area contributed by atoms with Gasteiger partial charge in [-0.25, -0.2) is 4.98 Å². The number of aromatic nitrogens is 1. The molecule has 0 spiro atoms. The number of amides is 1. The van der Waals surface area contributed by atoms with Crippen LogP contribution in [0.5, 0.6) is 0 Å². The van der Waals surface area contributed by atoms with E-state index < -0.39 is 0 Å². The minimum atomic E-state index is -0.371. The van der Waals surface area contributed by atoms with Crippen molar-refractivity contribution in [2.75, 3.05) is 18.5 Å².